The van der Waals surface area contributed by atoms with Crippen LogP contribution in [0.25, 0.3) is 28.5 Å². The predicted molar refractivity (Wildman–Crippen MR) is 191 cm³/mol. The first kappa shape index (κ1) is 34.0. The zero-order chi connectivity index (χ0) is 31.1. The van der Waals surface area contributed by atoms with E-state index in [0.29, 0.717) is 48.4 Å². The molecule has 1 aliphatic heterocycles. The Hall–Kier alpha value is -1.85. The number of carbonyl (C=O) groups is 1. The van der Waals surface area contributed by atoms with E-state index in [2.05, 4.69) is 34.3 Å². The van der Waals surface area contributed by atoms with Crippen LogP contribution in [0.1, 0.15) is 88.8 Å². The van der Waals surface area contributed by atoms with E-state index in [-0.39, 0.29) is 17.3 Å². The van der Waals surface area contributed by atoms with Gasteiger partial charge < -0.3 is 0 Å². The van der Waals surface area contributed by atoms with E-state index in [0.717, 1.165) is 65.8 Å². The Labute approximate surface area is 276 Å². The Bertz CT molecular complexity index is 1630. The van der Waals surface area contributed by atoms with Crippen molar-refractivity contribution in [2.45, 2.75) is 85.6 Å². The second-order valence-corrected chi connectivity index (χ2v) is 16.1. The third-order valence-electron chi connectivity index (χ3n) is 7.93. The van der Waals surface area contributed by atoms with Crippen LogP contribution in [0, 0.1) is 17.7 Å². The molecule has 1 fully saturated rings. The van der Waals surface area contributed by atoms with Gasteiger partial charge >= 0.3 is 0 Å². The third-order valence-corrected chi connectivity index (χ3v) is 12.5. The molecule has 4 nitrogen and oxygen atoms in total. The molecule has 0 aliphatic carbocycles. The van der Waals surface area contributed by atoms with Crippen LogP contribution in [0.2, 0.25) is 0 Å². The number of thiocarbonyl (C=S) groups is 1. The van der Waals surface area contributed by atoms with Crippen LogP contribution in [-0.2, 0) is 11.3 Å². The molecule has 1 saturated heterocycles. The van der Waals surface area contributed by atoms with E-state index in [1.54, 1.807) is 15.5 Å². The van der Waals surface area contributed by atoms with Crippen LogP contribution < -0.4 is 14.8 Å². The summed E-state index contributed by atoms with van der Waals surface area (Å²) in [5.41, 5.74) is -0.0494. The average Bonchev–Trinajstić information content (AvgIpc) is 3.73. The summed E-state index contributed by atoms with van der Waals surface area (Å²) in [5, 5.41) is 0. The minimum absolute atomic E-state index is 0.0407. The van der Waals surface area contributed by atoms with Gasteiger partial charge in [-0.3, -0.25) is 19.1 Å². The molecule has 0 radical (unpaired) electrons. The van der Waals surface area contributed by atoms with Gasteiger partial charge in [0.25, 0.3) is 11.5 Å². The number of rotatable bonds is 15. The van der Waals surface area contributed by atoms with Gasteiger partial charge in [-0.05, 0) is 55.0 Å². The highest BCUT2D eigenvalue weighted by atomic mass is 32.2. The molecule has 1 aliphatic rings. The van der Waals surface area contributed by atoms with Crippen LogP contribution in [0.3, 0.4) is 0 Å². The molecule has 0 spiro atoms. The lowest BCUT2D eigenvalue weighted by Gasteiger charge is -2.21. The molecule has 4 heterocycles. The molecule has 232 valence electrons. The number of amides is 1. The zero-order valence-corrected chi connectivity index (χ0v) is 29.5. The summed E-state index contributed by atoms with van der Waals surface area (Å²) < 4.78 is 18.9. The monoisotopic (exact) mass is 676 g/mol. The van der Waals surface area contributed by atoms with Crippen molar-refractivity contribution >= 4 is 86.9 Å². The first-order chi connectivity index (χ1) is 20.7. The van der Waals surface area contributed by atoms with Crippen LogP contribution >= 0.6 is 58.0 Å². The lowest BCUT2D eigenvalue weighted by Crippen LogP contribution is -2.33. The fourth-order valence-corrected chi connectivity index (χ4v) is 9.56. The number of aromatic nitrogens is 1. The SMILES string of the molecule is C=c1s/c(=C\c2cc(F)c(-c3ccc(/C=C4\SC(=S)N(CC(CC)CCCC)C4=O)s3)s2)c(=O)n1CC(CC)CCCC. The molecule has 0 saturated carbocycles. The van der Waals surface area contributed by atoms with E-state index < -0.39 is 0 Å². The van der Waals surface area contributed by atoms with Gasteiger partial charge in [0, 0.05) is 27.7 Å². The first-order valence-corrected chi connectivity index (χ1v) is 18.9. The number of thiazole rings is 1. The lowest BCUT2D eigenvalue weighted by molar-refractivity contribution is -0.122. The smallest absolute Gasteiger partial charge is 0.269 e. The standard InChI is InChI=1S/C33H41FN2O2S5/c1-6-10-12-22(8-3)19-35-21(5)40-28(31(35)37)18-25-16-26(34)30(42-25)27-15-14-24(41-27)17-29-32(38)36(33(39)43-29)20-23(9-4)13-11-7-2/h14-18,22-23H,5-13,19-20H2,1-4H3/b28-18-,29-17-. The van der Waals surface area contributed by atoms with Crippen molar-refractivity contribution in [3.8, 4) is 9.75 Å². The van der Waals surface area contributed by atoms with E-state index in [1.165, 1.54) is 51.8 Å². The van der Waals surface area contributed by atoms with Gasteiger partial charge in [-0.15, -0.1) is 34.0 Å². The summed E-state index contributed by atoms with van der Waals surface area (Å²) in [6.45, 7) is 14.2. The van der Waals surface area contributed by atoms with Gasteiger partial charge in [-0.25, -0.2) is 4.39 Å². The van der Waals surface area contributed by atoms with Gasteiger partial charge in [0.2, 0.25) is 0 Å². The molecule has 4 rings (SSSR count). The summed E-state index contributed by atoms with van der Waals surface area (Å²) in [5.74, 6) is 0.538. The molecular formula is C33H41FN2O2S5. The Kier molecular flexibility index (Phi) is 12.6. The van der Waals surface area contributed by atoms with Gasteiger partial charge in [-0.1, -0.05) is 96.8 Å². The predicted octanol–water partition coefficient (Wildman–Crippen LogP) is 8.71. The van der Waals surface area contributed by atoms with E-state index >= 15 is 4.39 Å². The number of halogens is 1. The number of unbranched alkanes of at least 4 members (excludes halogenated alkanes) is 2. The quantitative estimate of drug-likeness (QED) is 0.119. The first-order valence-electron chi connectivity index (χ1n) is 15.2. The highest BCUT2D eigenvalue weighted by Crippen LogP contribution is 2.39. The van der Waals surface area contributed by atoms with Crippen molar-refractivity contribution in [3.05, 3.63) is 58.2 Å². The summed E-state index contributed by atoms with van der Waals surface area (Å²) in [6.07, 6.45) is 12.5. The third kappa shape index (κ3) is 8.45. The largest absolute Gasteiger partial charge is 0.299 e. The second kappa shape index (κ2) is 15.9. The molecule has 2 unspecified atom stereocenters. The topological polar surface area (TPSA) is 42.3 Å². The van der Waals surface area contributed by atoms with E-state index in [4.69, 9.17) is 12.2 Å². The number of hydrogen-bond acceptors (Lipinski definition) is 7. The molecule has 10 heteroatoms. The average molecular weight is 677 g/mol. The van der Waals surface area contributed by atoms with Crippen molar-refractivity contribution in [3.63, 3.8) is 0 Å². The minimum Gasteiger partial charge on any atom is -0.299 e. The van der Waals surface area contributed by atoms with Crippen molar-refractivity contribution < 1.29 is 9.18 Å². The molecule has 0 N–H and O–H groups in total. The molecule has 1 amide bonds. The number of thiophene rings is 2. The minimum atomic E-state index is -0.314. The molecule has 43 heavy (non-hydrogen) atoms. The van der Waals surface area contributed by atoms with Crippen molar-refractivity contribution in [2.24, 2.45) is 11.8 Å². The highest BCUT2D eigenvalue weighted by molar-refractivity contribution is 8.26. The summed E-state index contributed by atoms with van der Waals surface area (Å²) in [6, 6.07) is 5.30. The summed E-state index contributed by atoms with van der Waals surface area (Å²) >= 11 is 11.0. The summed E-state index contributed by atoms with van der Waals surface area (Å²) in [4.78, 5) is 31.7. The van der Waals surface area contributed by atoms with Crippen molar-refractivity contribution in [1.29, 1.82) is 0 Å². The fourth-order valence-electron chi connectivity index (χ4n) is 5.19. The van der Waals surface area contributed by atoms with E-state index in [1.807, 2.05) is 18.2 Å². The van der Waals surface area contributed by atoms with Crippen LogP contribution in [0.4, 0.5) is 4.39 Å². The normalized spacial score (nSPS) is 16.6. The van der Waals surface area contributed by atoms with Crippen molar-refractivity contribution in [1.82, 2.24) is 9.47 Å². The molecular weight excluding hydrogens is 636 g/mol. The number of hydrogen-bond donors (Lipinski definition) is 0. The molecule has 0 aromatic carbocycles. The number of carbonyl (C=O) groups excluding carboxylic acids is 1. The maximum atomic E-state index is 15.1. The maximum Gasteiger partial charge on any atom is 0.269 e. The Morgan fingerprint density at radius 2 is 1.60 bits per heavy atom. The zero-order valence-electron chi connectivity index (χ0n) is 25.4. The van der Waals surface area contributed by atoms with Gasteiger partial charge in [0.1, 0.15) is 10.1 Å². The molecule has 0 bridgehead atoms. The molecule has 3 aromatic rings. The summed E-state index contributed by atoms with van der Waals surface area (Å²) in [7, 11) is 0. The molecule has 3 aromatic heterocycles. The van der Waals surface area contributed by atoms with Gasteiger partial charge in [0.15, 0.2) is 0 Å². The Balaban J connectivity index is 1.51. The number of nitrogens with zero attached hydrogens (tertiary/aromatic N) is 2. The van der Waals surface area contributed by atoms with Gasteiger partial charge in [-0.2, -0.15) is 0 Å². The molecule has 2 atom stereocenters. The van der Waals surface area contributed by atoms with Gasteiger partial charge in [0.05, 0.1) is 19.0 Å². The van der Waals surface area contributed by atoms with Crippen LogP contribution in [0.5, 0.6) is 0 Å². The van der Waals surface area contributed by atoms with Crippen LogP contribution in [-0.4, -0.2) is 26.2 Å². The highest BCUT2D eigenvalue weighted by Gasteiger charge is 2.33. The van der Waals surface area contributed by atoms with Crippen LogP contribution in [0.15, 0.2) is 27.9 Å². The lowest BCUT2D eigenvalue weighted by atomic mass is 9.99. The number of thioether (sulfide) groups is 1. The second-order valence-electron chi connectivity index (χ2n) is 11.1. The van der Waals surface area contributed by atoms with E-state index in [9.17, 15) is 9.59 Å². The fraction of sp³-hybridized carbons (Fsp3) is 0.485. The maximum absolute atomic E-state index is 15.1. The Morgan fingerprint density at radius 1 is 0.930 bits per heavy atom. The van der Waals surface area contributed by atoms with Crippen molar-refractivity contribution in [2.75, 3.05) is 6.54 Å². The Morgan fingerprint density at radius 3 is 2.26 bits per heavy atom.